The largest absolute Gasteiger partial charge is 0.376 e. The van der Waals surface area contributed by atoms with E-state index in [1.807, 2.05) is 6.20 Å². The molecule has 0 bridgehead atoms. The van der Waals surface area contributed by atoms with Gasteiger partial charge in [-0.25, -0.2) is 0 Å². The fourth-order valence-electron chi connectivity index (χ4n) is 2.71. The van der Waals surface area contributed by atoms with Gasteiger partial charge in [-0.2, -0.15) is 0 Å². The first-order valence-electron chi connectivity index (χ1n) is 8.22. The minimum Gasteiger partial charge on any atom is -0.376 e. The molecule has 2 heterocycles. The number of pyridine rings is 1. The molecular formula is C17H29N3O. The van der Waals surface area contributed by atoms with Gasteiger partial charge in [-0.05, 0) is 51.3 Å². The molecule has 4 heteroatoms. The van der Waals surface area contributed by atoms with Crippen LogP contribution in [-0.4, -0.2) is 37.8 Å². The molecule has 1 aliphatic rings. The minimum absolute atomic E-state index is 0.311. The molecule has 0 spiro atoms. The van der Waals surface area contributed by atoms with Crippen LogP contribution in [0.3, 0.4) is 0 Å². The average Bonchev–Trinajstić information content (AvgIpc) is 2.53. The third-order valence-corrected chi connectivity index (χ3v) is 4.11. The lowest BCUT2D eigenvalue weighted by atomic mass is 10.1. The summed E-state index contributed by atoms with van der Waals surface area (Å²) in [6.07, 6.45) is 7.16. The lowest BCUT2D eigenvalue weighted by molar-refractivity contribution is 0.0216. The highest BCUT2D eigenvalue weighted by Gasteiger charge is 2.16. The van der Waals surface area contributed by atoms with Crippen molar-refractivity contribution >= 4 is 5.69 Å². The Morgan fingerprint density at radius 2 is 2.29 bits per heavy atom. The van der Waals surface area contributed by atoms with Crippen LogP contribution in [0.25, 0.3) is 0 Å². The van der Waals surface area contributed by atoms with Crippen LogP contribution in [0.4, 0.5) is 5.69 Å². The molecular weight excluding hydrogens is 262 g/mol. The van der Waals surface area contributed by atoms with Crippen molar-refractivity contribution in [1.82, 2.24) is 10.3 Å². The Bertz CT molecular complexity index is 401. The SMILES string of the molecule is CCCNC(C)c1ccc(N(C)CC2CCCCO2)cn1. The van der Waals surface area contributed by atoms with Gasteiger partial charge in [-0.3, -0.25) is 4.98 Å². The number of hydrogen-bond acceptors (Lipinski definition) is 4. The molecule has 118 valence electrons. The number of ether oxygens (including phenoxy) is 1. The Labute approximate surface area is 128 Å². The van der Waals surface area contributed by atoms with E-state index in [0.29, 0.717) is 12.1 Å². The standard InChI is InChI=1S/C17H29N3O/c1-4-10-18-14(2)17-9-8-15(12-19-17)20(3)13-16-7-5-6-11-21-16/h8-9,12,14,16,18H,4-7,10-11,13H2,1-3H3. The molecule has 2 unspecified atom stereocenters. The van der Waals surface area contributed by atoms with Gasteiger partial charge in [0.1, 0.15) is 0 Å². The van der Waals surface area contributed by atoms with E-state index >= 15 is 0 Å². The lowest BCUT2D eigenvalue weighted by Crippen LogP contribution is -2.33. The van der Waals surface area contributed by atoms with E-state index in [-0.39, 0.29) is 0 Å². The number of hydrogen-bond donors (Lipinski definition) is 1. The van der Waals surface area contributed by atoms with Crippen LogP contribution in [0, 0.1) is 0 Å². The molecule has 1 aliphatic heterocycles. The summed E-state index contributed by atoms with van der Waals surface area (Å²) in [6.45, 7) is 7.24. The molecule has 2 rings (SSSR count). The summed E-state index contributed by atoms with van der Waals surface area (Å²) >= 11 is 0. The molecule has 2 atom stereocenters. The van der Waals surface area contributed by atoms with Gasteiger partial charge in [0.25, 0.3) is 0 Å². The second kappa shape index (κ2) is 8.35. The monoisotopic (exact) mass is 291 g/mol. The summed E-state index contributed by atoms with van der Waals surface area (Å²) in [4.78, 5) is 6.85. The van der Waals surface area contributed by atoms with Crippen LogP contribution in [0.2, 0.25) is 0 Å². The topological polar surface area (TPSA) is 37.4 Å². The maximum Gasteiger partial charge on any atom is 0.0749 e. The number of rotatable bonds is 7. The van der Waals surface area contributed by atoms with Crippen molar-refractivity contribution in [2.45, 2.75) is 51.7 Å². The third kappa shape index (κ3) is 4.97. The quantitative estimate of drug-likeness (QED) is 0.837. The summed E-state index contributed by atoms with van der Waals surface area (Å²) in [7, 11) is 2.12. The van der Waals surface area contributed by atoms with Gasteiger partial charge >= 0.3 is 0 Å². The predicted octanol–water partition coefficient (Wildman–Crippen LogP) is 3.15. The Morgan fingerprint density at radius 1 is 1.43 bits per heavy atom. The van der Waals surface area contributed by atoms with E-state index < -0.39 is 0 Å². The minimum atomic E-state index is 0.311. The summed E-state index contributed by atoms with van der Waals surface area (Å²) in [5.74, 6) is 0. The number of nitrogens with one attached hydrogen (secondary N) is 1. The van der Waals surface area contributed by atoms with E-state index in [1.54, 1.807) is 0 Å². The Hall–Kier alpha value is -1.13. The maximum atomic E-state index is 5.80. The molecule has 21 heavy (non-hydrogen) atoms. The highest BCUT2D eigenvalue weighted by Crippen LogP contribution is 2.19. The van der Waals surface area contributed by atoms with Crippen LogP contribution in [-0.2, 0) is 4.74 Å². The maximum absolute atomic E-state index is 5.80. The van der Waals surface area contributed by atoms with Crippen LogP contribution < -0.4 is 10.2 Å². The zero-order chi connectivity index (χ0) is 15.1. The molecule has 1 aromatic rings. The fourth-order valence-corrected chi connectivity index (χ4v) is 2.71. The van der Waals surface area contributed by atoms with Gasteiger partial charge in [0.05, 0.1) is 23.7 Å². The Morgan fingerprint density at radius 3 is 2.90 bits per heavy atom. The molecule has 0 saturated carbocycles. The predicted molar refractivity (Wildman–Crippen MR) is 87.8 cm³/mol. The van der Waals surface area contributed by atoms with Gasteiger partial charge in [0.2, 0.25) is 0 Å². The van der Waals surface area contributed by atoms with Gasteiger partial charge in [0, 0.05) is 26.2 Å². The fraction of sp³-hybridized carbons (Fsp3) is 0.706. The van der Waals surface area contributed by atoms with Gasteiger partial charge in [-0.15, -0.1) is 0 Å². The number of likely N-dealkylation sites (N-methyl/N-ethyl adjacent to an activating group) is 1. The van der Waals surface area contributed by atoms with E-state index in [4.69, 9.17) is 4.74 Å². The van der Waals surface area contributed by atoms with Crippen molar-refractivity contribution in [1.29, 1.82) is 0 Å². The summed E-state index contributed by atoms with van der Waals surface area (Å²) in [6, 6.07) is 4.60. The van der Waals surface area contributed by atoms with Crippen molar-refractivity contribution in [3.8, 4) is 0 Å². The zero-order valence-corrected chi connectivity index (χ0v) is 13.6. The average molecular weight is 291 g/mol. The van der Waals surface area contributed by atoms with Crippen molar-refractivity contribution in [2.75, 3.05) is 31.6 Å². The zero-order valence-electron chi connectivity index (χ0n) is 13.6. The first-order valence-corrected chi connectivity index (χ1v) is 8.22. The van der Waals surface area contributed by atoms with Crippen LogP contribution >= 0.6 is 0 Å². The highest BCUT2D eigenvalue weighted by atomic mass is 16.5. The van der Waals surface area contributed by atoms with E-state index in [2.05, 4.69) is 48.2 Å². The smallest absolute Gasteiger partial charge is 0.0749 e. The van der Waals surface area contributed by atoms with E-state index in [0.717, 1.165) is 37.5 Å². The molecule has 1 aromatic heterocycles. The van der Waals surface area contributed by atoms with Gasteiger partial charge < -0.3 is 15.0 Å². The lowest BCUT2D eigenvalue weighted by Gasteiger charge is -2.28. The molecule has 0 radical (unpaired) electrons. The van der Waals surface area contributed by atoms with Crippen molar-refractivity contribution < 1.29 is 4.74 Å². The van der Waals surface area contributed by atoms with Gasteiger partial charge in [-0.1, -0.05) is 6.92 Å². The summed E-state index contributed by atoms with van der Waals surface area (Å²) < 4.78 is 5.80. The van der Waals surface area contributed by atoms with Crippen LogP contribution in [0.15, 0.2) is 18.3 Å². The Kier molecular flexibility index (Phi) is 6.46. The Balaban J connectivity index is 1.88. The molecule has 0 amide bonds. The second-order valence-corrected chi connectivity index (χ2v) is 5.99. The number of aromatic nitrogens is 1. The second-order valence-electron chi connectivity index (χ2n) is 5.99. The van der Waals surface area contributed by atoms with Crippen molar-refractivity contribution in [3.63, 3.8) is 0 Å². The van der Waals surface area contributed by atoms with Crippen molar-refractivity contribution in [3.05, 3.63) is 24.0 Å². The first kappa shape index (κ1) is 16.2. The van der Waals surface area contributed by atoms with Crippen LogP contribution in [0.5, 0.6) is 0 Å². The third-order valence-electron chi connectivity index (χ3n) is 4.11. The molecule has 1 N–H and O–H groups in total. The number of nitrogens with zero attached hydrogens (tertiary/aromatic N) is 2. The normalized spacial score (nSPS) is 20.2. The summed E-state index contributed by atoms with van der Waals surface area (Å²) in [5.41, 5.74) is 2.27. The van der Waals surface area contributed by atoms with E-state index in [1.165, 1.54) is 19.3 Å². The van der Waals surface area contributed by atoms with Crippen LogP contribution in [0.1, 0.15) is 51.3 Å². The molecule has 1 fully saturated rings. The first-order chi connectivity index (χ1) is 10.2. The molecule has 0 aromatic carbocycles. The summed E-state index contributed by atoms with van der Waals surface area (Å²) in [5, 5.41) is 3.47. The number of anilines is 1. The molecule has 4 nitrogen and oxygen atoms in total. The van der Waals surface area contributed by atoms with E-state index in [9.17, 15) is 0 Å². The molecule has 0 aliphatic carbocycles. The van der Waals surface area contributed by atoms with Crippen molar-refractivity contribution in [2.24, 2.45) is 0 Å². The van der Waals surface area contributed by atoms with Gasteiger partial charge in [0.15, 0.2) is 0 Å². The highest BCUT2D eigenvalue weighted by molar-refractivity contribution is 5.44. The molecule has 1 saturated heterocycles.